The molecule has 0 aliphatic carbocycles. The molecule has 0 radical (unpaired) electrons. The molecule has 1 rings (SSSR count). The lowest BCUT2D eigenvalue weighted by Gasteiger charge is -2.12. The first-order chi connectivity index (χ1) is 7.54. The predicted octanol–water partition coefficient (Wildman–Crippen LogP) is 2.59. The molecule has 3 heteroatoms. The zero-order chi connectivity index (χ0) is 12.1. The quantitative estimate of drug-likeness (QED) is 0.592. The van der Waals surface area contributed by atoms with Crippen molar-refractivity contribution < 1.29 is 4.74 Å². The molecular weight excluding hydrogens is 200 g/mol. The van der Waals surface area contributed by atoms with Gasteiger partial charge in [-0.25, -0.2) is 0 Å². The average Bonchev–Trinajstić information content (AvgIpc) is 2.26. The molecule has 3 N–H and O–H groups in total. The van der Waals surface area contributed by atoms with Gasteiger partial charge in [-0.15, -0.1) is 0 Å². The number of aryl methyl sites for hydroxylation is 1. The van der Waals surface area contributed by atoms with E-state index >= 15 is 0 Å². The number of ether oxygens (including phenoxy) is 1. The van der Waals surface area contributed by atoms with Gasteiger partial charge in [0.2, 0.25) is 0 Å². The van der Waals surface area contributed by atoms with Gasteiger partial charge in [-0.05, 0) is 37.5 Å². The van der Waals surface area contributed by atoms with E-state index in [1.54, 1.807) is 0 Å². The van der Waals surface area contributed by atoms with E-state index in [9.17, 15) is 0 Å². The van der Waals surface area contributed by atoms with Crippen LogP contribution in [0.5, 0.6) is 0 Å². The van der Waals surface area contributed by atoms with Crippen LogP contribution in [0.15, 0.2) is 18.2 Å². The molecule has 0 spiro atoms. The van der Waals surface area contributed by atoms with Crippen molar-refractivity contribution >= 4 is 5.84 Å². The third-order valence-electron chi connectivity index (χ3n) is 2.75. The molecule has 16 heavy (non-hydrogen) atoms. The van der Waals surface area contributed by atoms with Crippen molar-refractivity contribution in [2.75, 3.05) is 0 Å². The van der Waals surface area contributed by atoms with Gasteiger partial charge in [0, 0.05) is 5.56 Å². The summed E-state index contributed by atoms with van der Waals surface area (Å²) >= 11 is 0. The second-order valence-electron chi connectivity index (χ2n) is 4.08. The lowest BCUT2D eigenvalue weighted by atomic mass is 10.1. The maximum Gasteiger partial charge on any atom is 0.122 e. The van der Waals surface area contributed by atoms with Crippen molar-refractivity contribution in [2.45, 2.75) is 39.9 Å². The second-order valence-corrected chi connectivity index (χ2v) is 4.08. The number of nitrogen functional groups attached to an aromatic ring is 1. The van der Waals surface area contributed by atoms with E-state index in [2.05, 4.69) is 13.8 Å². The van der Waals surface area contributed by atoms with Gasteiger partial charge in [-0.2, -0.15) is 0 Å². The van der Waals surface area contributed by atoms with E-state index < -0.39 is 0 Å². The van der Waals surface area contributed by atoms with E-state index in [-0.39, 0.29) is 11.9 Å². The first-order valence-electron chi connectivity index (χ1n) is 5.60. The highest BCUT2D eigenvalue weighted by Crippen LogP contribution is 2.13. The summed E-state index contributed by atoms with van der Waals surface area (Å²) in [5.41, 5.74) is 8.48. The van der Waals surface area contributed by atoms with Gasteiger partial charge < -0.3 is 10.5 Å². The minimum Gasteiger partial charge on any atom is -0.384 e. The molecule has 0 fully saturated rings. The summed E-state index contributed by atoms with van der Waals surface area (Å²) in [5, 5.41) is 7.35. The van der Waals surface area contributed by atoms with Crippen LogP contribution in [0.3, 0.4) is 0 Å². The minimum atomic E-state index is 0.109. The molecule has 1 atom stereocenters. The van der Waals surface area contributed by atoms with Gasteiger partial charge in [0.05, 0.1) is 12.7 Å². The Labute approximate surface area is 97.1 Å². The Kier molecular flexibility index (Phi) is 4.50. The van der Waals surface area contributed by atoms with Crippen molar-refractivity contribution in [2.24, 2.45) is 5.73 Å². The first kappa shape index (κ1) is 12.7. The molecule has 0 heterocycles. The zero-order valence-electron chi connectivity index (χ0n) is 10.2. The van der Waals surface area contributed by atoms with Crippen molar-refractivity contribution in [3.05, 3.63) is 34.9 Å². The molecule has 88 valence electrons. The summed E-state index contributed by atoms with van der Waals surface area (Å²) in [5.74, 6) is 0.109. The molecule has 0 amide bonds. The maximum absolute atomic E-state index is 7.35. The van der Waals surface area contributed by atoms with Gasteiger partial charge in [0.1, 0.15) is 5.84 Å². The Morgan fingerprint density at radius 2 is 2.19 bits per heavy atom. The highest BCUT2D eigenvalue weighted by atomic mass is 16.5. The van der Waals surface area contributed by atoms with Crippen molar-refractivity contribution in [1.82, 2.24) is 0 Å². The number of benzene rings is 1. The summed E-state index contributed by atoms with van der Waals surface area (Å²) in [6.07, 6.45) is 1.30. The first-order valence-corrected chi connectivity index (χ1v) is 5.60. The van der Waals surface area contributed by atoms with Crippen LogP contribution >= 0.6 is 0 Å². The third kappa shape index (κ3) is 3.35. The third-order valence-corrected chi connectivity index (χ3v) is 2.75. The zero-order valence-corrected chi connectivity index (χ0v) is 10.2. The van der Waals surface area contributed by atoms with Crippen LogP contribution in [-0.2, 0) is 11.3 Å². The monoisotopic (exact) mass is 220 g/mol. The molecule has 0 aromatic heterocycles. The van der Waals surface area contributed by atoms with Gasteiger partial charge in [-0.1, -0.05) is 19.1 Å². The molecule has 1 unspecified atom stereocenters. The van der Waals surface area contributed by atoms with Crippen LogP contribution in [-0.4, -0.2) is 11.9 Å². The van der Waals surface area contributed by atoms with Gasteiger partial charge in [0.15, 0.2) is 0 Å². The molecule has 1 aromatic carbocycles. The number of nitrogens with one attached hydrogen (secondary N) is 1. The Balaban J connectivity index is 2.72. The molecule has 0 aliphatic heterocycles. The molecule has 0 aliphatic rings. The van der Waals surface area contributed by atoms with Gasteiger partial charge in [-0.3, -0.25) is 5.41 Å². The van der Waals surface area contributed by atoms with E-state index in [1.807, 2.05) is 25.1 Å². The van der Waals surface area contributed by atoms with E-state index in [0.29, 0.717) is 6.61 Å². The Hall–Kier alpha value is -1.35. The summed E-state index contributed by atoms with van der Waals surface area (Å²) in [4.78, 5) is 0. The van der Waals surface area contributed by atoms with Crippen LogP contribution in [0.1, 0.15) is 37.0 Å². The smallest absolute Gasteiger partial charge is 0.122 e. The fraction of sp³-hybridized carbons (Fsp3) is 0.462. The molecule has 3 nitrogen and oxygen atoms in total. The summed E-state index contributed by atoms with van der Waals surface area (Å²) in [6, 6.07) is 5.77. The van der Waals surface area contributed by atoms with Gasteiger partial charge >= 0.3 is 0 Å². The number of amidine groups is 1. The fourth-order valence-electron chi connectivity index (χ4n) is 1.38. The molecule has 0 saturated heterocycles. The Bertz CT molecular complexity index is 374. The minimum absolute atomic E-state index is 0.109. The van der Waals surface area contributed by atoms with E-state index in [0.717, 1.165) is 23.1 Å². The highest BCUT2D eigenvalue weighted by molar-refractivity contribution is 5.95. The second kappa shape index (κ2) is 5.66. The van der Waals surface area contributed by atoms with Crippen LogP contribution in [0.2, 0.25) is 0 Å². The molecule has 0 bridgehead atoms. The predicted molar refractivity (Wildman–Crippen MR) is 66.7 cm³/mol. The largest absolute Gasteiger partial charge is 0.384 e. The van der Waals surface area contributed by atoms with Crippen molar-refractivity contribution in [1.29, 1.82) is 5.41 Å². The lowest BCUT2D eigenvalue weighted by molar-refractivity contribution is 0.0506. The molecule has 1 aromatic rings. The topological polar surface area (TPSA) is 59.1 Å². The van der Waals surface area contributed by atoms with Crippen LogP contribution in [0, 0.1) is 12.3 Å². The van der Waals surface area contributed by atoms with Crippen LogP contribution in [0.25, 0.3) is 0 Å². The summed E-state index contributed by atoms with van der Waals surface area (Å²) in [6.45, 7) is 6.82. The van der Waals surface area contributed by atoms with E-state index in [4.69, 9.17) is 15.9 Å². The molecule has 0 saturated carbocycles. The van der Waals surface area contributed by atoms with Crippen LogP contribution < -0.4 is 5.73 Å². The number of nitrogens with two attached hydrogens (primary N) is 1. The van der Waals surface area contributed by atoms with E-state index in [1.165, 1.54) is 0 Å². The number of hydrogen-bond acceptors (Lipinski definition) is 2. The van der Waals surface area contributed by atoms with Crippen molar-refractivity contribution in [3.8, 4) is 0 Å². The average molecular weight is 220 g/mol. The number of rotatable bonds is 5. The normalized spacial score (nSPS) is 12.4. The SMILES string of the molecule is CCC(C)OCc1ccc(C(=N)N)cc1C. The lowest BCUT2D eigenvalue weighted by Crippen LogP contribution is -2.12. The molecular formula is C13H20N2O. The van der Waals surface area contributed by atoms with Crippen LogP contribution in [0.4, 0.5) is 0 Å². The Morgan fingerprint density at radius 3 is 2.69 bits per heavy atom. The van der Waals surface area contributed by atoms with Gasteiger partial charge in [0.25, 0.3) is 0 Å². The summed E-state index contributed by atoms with van der Waals surface area (Å²) in [7, 11) is 0. The standard InChI is InChI=1S/C13H20N2O/c1-4-10(3)16-8-12-6-5-11(13(14)15)7-9(12)2/h5-7,10H,4,8H2,1-3H3,(H3,14,15). The Morgan fingerprint density at radius 1 is 1.50 bits per heavy atom. The van der Waals surface area contributed by atoms with Crippen molar-refractivity contribution in [3.63, 3.8) is 0 Å². The maximum atomic E-state index is 7.35. The summed E-state index contributed by atoms with van der Waals surface area (Å²) < 4.78 is 5.67. The highest BCUT2D eigenvalue weighted by Gasteiger charge is 2.04. The number of hydrogen-bond donors (Lipinski definition) is 2. The fourth-order valence-corrected chi connectivity index (χ4v) is 1.38.